The molecule has 0 spiro atoms. The van der Waals surface area contributed by atoms with E-state index < -0.39 is 10.8 Å². The van der Waals surface area contributed by atoms with E-state index in [2.05, 4.69) is 31.3 Å². The number of rotatable bonds is 5. The minimum absolute atomic E-state index is 0.0916. The van der Waals surface area contributed by atoms with Crippen molar-refractivity contribution in [3.63, 3.8) is 0 Å². The van der Waals surface area contributed by atoms with Gasteiger partial charge in [-0.25, -0.2) is 9.67 Å². The predicted octanol–water partition coefficient (Wildman–Crippen LogP) is 5.82. The summed E-state index contributed by atoms with van der Waals surface area (Å²) in [4.78, 5) is 27.7. The van der Waals surface area contributed by atoms with Crippen molar-refractivity contribution in [2.24, 2.45) is 0 Å². The van der Waals surface area contributed by atoms with E-state index in [-0.39, 0.29) is 17.2 Å². The maximum atomic E-state index is 12.8. The number of nitrogens with zero attached hydrogens (tertiary/aromatic N) is 4. The van der Waals surface area contributed by atoms with Crippen LogP contribution in [0.25, 0.3) is 17.1 Å². The van der Waals surface area contributed by atoms with Gasteiger partial charge in [-0.05, 0) is 42.8 Å². The smallest absolute Gasteiger partial charge is 0.295 e. The molecule has 160 valence electrons. The lowest BCUT2D eigenvalue weighted by Gasteiger charge is -2.07. The zero-order valence-corrected chi connectivity index (χ0v) is 19.0. The van der Waals surface area contributed by atoms with Crippen LogP contribution in [-0.2, 0) is 0 Å². The SMILES string of the molecule is Cc1ccc(-n2nc(C(=O)Nc3cccc([N+](=O)[O-])c3)nc2-c2ccc(Br)cc2)cc1Cl. The highest BCUT2D eigenvalue weighted by molar-refractivity contribution is 9.10. The molecule has 0 unspecified atom stereocenters. The second kappa shape index (κ2) is 8.89. The van der Waals surface area contributed by atoms with E-state index in [0.717, 1.165) is 15.6 Å². The highest BCUT2D eigenvalue weighted by Crippen LogP contribution is 2.26. The Morgan fingerprint density at radius 3 is 2.56 bits per heavy atom. The van der Waals surface area contributed by atoms with Gasteiger partial charge in [0.05, 0.1) is 10.6 Å². The van der Waals surface area contributed by atoms with Crippen molar-refractivity contribution in [3.05, 3.63) is 97.7 Å². The highest BCUT2D eigenvalue weighted by Gasteiger charge is 2.20. The Hall–Kier alpha value is -3.56. The van der Waals surface area contributed by atoms with E-state index >= 15 is 0 Å². The van der Waals surface area contributed by atoms with E-state index in [0.29, 0.717) is 16.5 Å². The van der Waals surface area contributed by atoms with E-state index in [1.807, 2.05) is 43.3 Å². The lowest BCUT2D eigenvalue weighted by molar-refractivity contribution is -0.384. The number of carbonyl (C=O) groups excluding carboxylic acids is 1. The number of nitrogens with one attached hydrogen (secondary N) is 1. The molecular formula is C22H15BrClN5O3. The number of nitro groups is 1. The van der Waals surface area contributed by atoms with Crippen LogP contribution in [0.2, 0.25) is 5.02 Å². The lowest BCUT2D eigenvalue weighted by Crippen LogP contribution is -2.14. The number of aromatic nitrogens is 3. The molecule has 3 aromatic carbocycles. The van der Waals surface area contributed by atoms with Crippen molar-refractivity contribution >= 4 is 44.8 Å². The first-order valence-electron chi connectivity index (χ1n) is 9.37. The number of hydrogen-bond acceptors (Lipinski definition) is 5. The summed E-state index contributed by atoms with van der Waals surface area (Å²) in [7, 11) is 0. The summed E-state index contributed by atoms with van der Waals surface area (Å²) < 4.78 is 2.44. The largest absolute Gasteiger partial charge is 0.319 e. The molecule has 0 aliphatic carbocycles. The number of amides is 1. The van der Waals surface area contributed by atoms with Crippen molar-refractivity contribution in [2.45, 2.75) is 6.92 Å². The fourth-order valence-corrected chi connectivity index (χ4v) is 3.41. The number of nitro benzene ring substituents is 1. The maximum Gasteiger partial charge on any atom is 0.295 e. The average Bonchev–Trinajstić information content (AvgIpc) is 3.22. The molecule has 1 N–H and O–H groups in total. The first kappa shape index (κ1) is 21.7. The summed E-state index contributed by atoms with van der Waals surface area (Å²) in [6.07, 6.45) is 0. The van der Waals surface area contributed by atoms with Crippen LogP contribution in [0.3, 0.4) is 0 Å². The zero-order valence-electron chi connectivity index (χ0n) is 16.6. The molecule has 0 saturated heterocycles. The monoisotopic (exact) mass is 511 g/mol. The van der Waals surface area contributed by atoms with Crippen LogP contribution in [0.15, 0.2) is 71.2 Å². The van der Waals surface area contributed by atoms with Crippen molar-refractivity contribution < 1.29 is 9.72 Å². The number of halogens is 2. The summed E-state index contributed by atoms with van der Waals surface area (Å²) in [5.74, 6) is -0.242. The molecule has 4 aromatic rings. The van der Waals surface area contributed by atoms with Gasteiger partial charge in [-0.2, -0.15) is 0 Å². The number of anilines is 1. The van der Waals surface area contributed by atoms with Crippen LogP contribution in [0.4, 0.5) is 11.4 Å². The van der Waals surface area contributed by atoms with Crippen molar-refractivity contribution in [3.8, 4) is 17.1 Å². The molecule has 0 bridgehead atoms. The molecule has 0 radical (unpaired) electrons. The zero-order chi connectivity index (χ0) is 22.8. The van der Waals surface area contributed by atoms with Crippen LogP contribution in [0.5, 0.6) is 0 Å². The molecule has 32 heavy (non-hydrogen) atoms. The second-order valence-electron chi connectivity index (χ2n) is 6.87. The van der Waals surface area contributed by atoms with Gasteiger partial charge in [0.15, 0.2) is 5.82 Å². The Morgan fingerprint density at radius 1 is 1.12 bits per heavy atom. The highest BCUT2D eigenvalue weighted by atomic mass is 79.9. The van der Waals surface area contributed by atoms with Crippen LogP contribution >= 0.6 is 27.5 Å². The van der Waals surface area contributed by atoms with Crippen molar-refractivity contribution in [2.75, 3.05) is 5.32 Å². The Kier molecular flexibility index (Phi) is 6.02. The van der Waals surface area contributed by atoms with Gasteiger partial charge in [-0.3, -0.25) is 14.9 Å². The Bertz CT molecular complexity index is 1340. The van der Waals surface area contributed by atoms with Crippen LogP contribution < -0.4 is 5.32 Å². The van der Waals surface area contributed by atoms with Gasteiger partial charge in [-0.1, -0.05) is 51.8 Å². The van der Waals surface area contributed by atoms with Gasteiger partial charge in [0.1, 0.15) is 0 Å². The molecule has 1 heterocycles. The fraction of sp³-hybridized carbons (Fsp3) is 0.0455. The van der Waals surface area contributed by atoms with Gasteiger partial charge in [-0.15, -0.1) is 5.10 Å². The van der Waals surface area contributed by atoms with Gasteiger partial charge in [0.2, 0.25) is 5.82 Å². The van der Waals surface area contributed by atoms with E-state index in [4.69, 9.17) is 11.6 Å². The predicted molar refractivity (Wildman–Crippen MR) is 125 cm³/mol. The Balaban J connectivity index is 1.75. The summed E-state index contributed by atoms with van der Waals surface area (Å²) in [6, 6.07) is 18.5. The summed E-state index contributed by atoms with van der Waals surface area (Å²) in [5, 5.41) is 18.6. The van der Waals surface area contributed by atoms with Gasteiger partial charge in [0.25, 0.3) is 11.6 Å². The molecule has 0 aliphatic rings. The minimum Gasteiger partial charge on any atom is -0.319 e. The molecule has 0 fully saturated rings. The number of hydrogen-bond donors (Lipinski definition) is 1. The van der Waals surface area contributed by atoms with Crippen LogP contribution in [0, 0.1) is 17.0 Å². The summed E-state index contributed by atoms with van der Waals surface area (Å²) in [6.45, 7) is 1.89. The summed E-state index contributed by atoms with van der Waals surface area (Å²) >= 11 is 9.71. The van der Waals surface area contributed by atoms with E-state index in [1.54, 1.807) is 12.1 Å². The summed E-state index contributed by atoms with van der Waals surface area (Å²) in [5.41, 5.74) is 2.42. The van der Waals surface area contributed by atoms with Gasteiger partial charge >= 0.3 is 0 Å². The lowest BCUT2D eigenvalue weighted by atomic mass is 10.2. The average molecular weight is 513 g/mol. The number of non-ortho nitro benzene ring substituents is 1. The van der Waals surface area contributed by atoms with Gasteiger partial charge in [0, 0.05) is 32.9 Å². The molecule has 8 nitrogen and oxygen atoms in total. The van der Waals surface area contributed by atoms with Crippen molar-refractivity contribution in [1.29, 1.82) is 0 Å². The number of carbonyl (C=O) groups is 1. The van der Waals surface area contributed by atoms with E-state index in [9.17, 15) is 14.9 Å². The molecular weight excluding hydrogens is 498 g/mol. The van der Waals surface area contributed by atoms with E-state index in [1.165, 1.54) is 22.9 Å². The van der Waals surface area contributed by atoms with Crippen LogP contribution in [0.1, 0.15) is 16.2 Å². The fourth-order valence-electron chi connectivity index (χ4n) is 2.97. The normalized spacial score (nSPS) is 10.7. The molecule has 0 atom stereocenters. The topological polar surface area (TPSA) is 103 Å². The molecule has 1 amide bonds. The number of aryl methyl sites for hydroxylation is 1. The molecule has 0 aliphatic heterocycles. The second-order valence-corrected chi connectivity index (χ2v) is 8.20. The third-order valence-corrected chi connectivity index (χ3v) is 5.56. The number of benzene rings is 3. The Labute approximate surface area is 196 Å². The van der Waals surface area contributed by atoms with Gasteiger partial charge < -0.3 is 5.32 Å². The quantitative estimate of drug-likeness (QED) is 0.268. The van der Waals surface area contributed by atoms with Crippen LogP contribution in [-0.4, -0.2) is 25.6 Å². The maximum absolute atomic E-state index is 12.8. The van der Waals surface area contributed by atoms with Crippen molar-refractivity contribution in [1.82, 2.24) is 14.8 Å². The third kappa shape index (κ3) is 4.53. The third-order valence-electron chi connectivity index (χ3n) is 4.63. The molecule has 0 saturated carbocycles. The first-order valence-corrected chi connectivity index (χ1v) is 10.5. The molecule has 1 aromatic heterocycles. The molecule has 4 rings (SSSR count). The minimum atomic E-state index is -0.596. The first-order chi connectivity index (χ1) is 15.3. The standard InChI is InChI=1S/C22H15BrClN5O3/c1-13-5-10-17(12-19(13)24)28-21(14-6-8-15(23)9-7-14)26-20(27-28)22(30)25-16-3-2-4-18(11-16)29(31)32/h2-12H,1H3,(H,25,30). The molecule has 10 heteroatoms. The Morgan fingerprint density at radius 2 is 1.88 bits per heavy atom.